The topological polar surface area (TPSA) is 50.9 Å². The van der Waals surface area contributed by atoms with Crippen LogP contribution in [0.1, 0.15) is 36.8 Å². The fraction of sp³-hybridized carbons (Fsp3) is 0.318. The lowest BCUT2D eigenvalue weighted by Crippen LogP contribution is -2.63. The first-order chi connectivity index (χ1) is 13.8. The molecular formula is C22H21Cl3IN3. The van der Waals surface area contributed by atoms with Gasteiger partial charge in [0, 0.05) is 33.2 Å². The van der Waals surface area contributed by atoms with E-state index < -0.39 is 5.54 Å². The van der Waals surface area contributed by atoms with E-state index >= 15 is 0 Å². The van der Waals surface area contributed by atoms with E-state index in [4.69, 9.17) is 40.5 Å². The van der Waals surface area contributed by atoms with Crippen molar-refractivity contribution in [1.29, 1.82) is 0 Å². The largest absolute Gasteiger partial charge is 0.319 e. The van der Waals surface area contributed by atoms with Crippen molar-refractivity contribution < 1.29 is 0 Å². The molecule has 0 radical (unpaired) electrons. The number of nitrogens with two attached hydrogens (primary N) is 1. The van der Waals surface area contributed by atoms with Crippen LogP contribution < -0.4 is 11.1 Å². The van der Waals surface area contributed by atoms with Crippen LogP contribution in [-0.4, -0.2) is 8.53 Å². The van der Waals surface area contributed by atoms with Crippen LogP contribution in [0.15, 0.2) is 48.7 Å². The molecule has 3 nitrogen and oxygen atoms in total. The first kappa shape index (κ1) is 21.6. The highest BCUT2D eigenvalue weighted by Crippen LogP contribution is 2.48. The highest BCUT2D eigenvalue weighted by Gasteiger charge is 2.50. The third-order valence-corrected chi connectivity index (χ3v) is 8.51. The van der Waals surface area contributed by atoms with Crippen molar-refractivity contribution in [1.82, 2.24) is 10.3 Å². The number of fused-ring (bicyclic) bond motifs is 1. The van der Waals surface area contributed by atoms with Crippen molar-refractivity contribution in [2.75, 3.05) is 0 Å². The van der Waals surface area contributed by atoms with Gasteiger partial charge in [0.2, 0.25) is 0 Å². The predicted molar refractivity (Wildman–Crippen MR) is 131 cm³/mol. The summed E-state index contributed by atoms with van der Waals surface area (Å²) in [7, 11) is 0. The number of halogens is 4. The fourth-order valence-corrected chi connectivity index (χ4v) is 5.97. The molecule has 1 fully saturated rings. The van der Waals surface area contributed by atoms with Crippen LogP contribution in [0.2, 0.25) is 15.1 Å². The van der Waals surface area contributed by atoms with Crippen molar-refractivity contribution in [3.8, 4) is 0 Å². The second-order valence-electron chi connectivity index (χ2n) is 7.59. The normalized spacial score (nSPS) is 24.7. The fourth-order valence-electron chi connectivity index (χ4n) is 4.20. The summed E-state index contributed by atoms with van der Waals surface area (Å²) < 4.78 is -0.333. The Morgan fingerprint density at radius 1 is 1.00 bits per heavy atom. The van der Waals surface area contributed by atoms with Crippen LogP contribution in [0.4, 0.5) is 0 Å². The lowest BCUT2D eigenvalue weighted by Gasteiger charge is -2.49. The second kappa shape index (κ2) is 8.48. The molecule has 0 saturated heterocycles. The Kier molecular flexibility index (Phi) is 6.32. The van der Waals surface area contributed by atoms with Gasteiger partial charge in [0.15, 0.2) is 0 Å². The Balaban J connectivity index is 1.72. The Morgan fingerprint density at radius 3 is 2.52 bits per heavy atom. The molecular weight excluding hydrogens is 540 g/mol. The summed E-state index contributed by atoms with van der Waals surface area (Å²) in [6.07, 6.45) is 5.89. The zero-order valence-electron chi connectivity index (χ0n) is 15.7. The van der Waals surface area contributed by atoms with E-state index in [0.29, 0.717) is 21.6 Å². The highest BCUT2D eigenvalue weighted by molar-refractivity contribution is 14.1. The monoisotopic (exact) mass is 559 g/mol. The zero-order chi connectivity index (χ0) is 20.6. The number of aromatic nitrogens is 1. The highest BCUT2D eigenvalue weighted by atomic mass is 127. The van der Waals surface area contributed by atoms with E-state index in [0.717, 1.165) is 47.7 Å². The molecule has 0 aliphatic heterocycles. The first-order valence-electron chi connectivity index (χ1n) is 9.54. The maximum atomic E-state index is 7.20. The van der Waals surface area contributed by atoms with Crippen molar-refractivity contribution in [3.05, 3.63) is 74.9 Å². The maximum Gasteiger partial charge on any atom is 0.0931 e. The molecule has 0 bridgehead atoms. The second-order valence-corrected chi connectivity index (χ2v) is 10.7. The van der Waals surface area contributed by atoms with Gasteiger partial charge in [0.1, 0.15) is 0 Å². The minimum absolute atomic E-state index is 0.333. The molecule has 7 heteroatoms. The molecule has 0 spiro atoms. The molecule has 2 unspecified atom stereocenters. The number of nitrogens with zero attached hydrogens (tertiary/aromatic N) is 1. The minimum Gasteiger partial charge on any atom is -0.319 e. The molecule has 0 amide bonds. The van der Waals surface area contributed by atoms with Crippen molar-refractivity contribution in [2.45, 2.75) is 41.3 Å². The molecule has 4 rings (SSSR count). The number of pyridine rings is 1. The van der Waals surface area contributed by atoms with Gasteiger partial charge < -0.3 is 5.73 Å². The summed E-state index contributed by atoms with van der Waals surface area (Å²) in [5.74, 6) is 0. The molecule has 2 aromatic carbocycles. The molecule has 29 heavy (non-hydrogen) atoms. The average Bonchev–Trinajstić information content (AvgIpc) is 2.69. The molecule has 3 N–H and O–H groups in total. The summed E-state index contributed by atoms with van der Waals surface area (Å²) >= 11 is 21.1. The van der Waals surface area contributed by atoms with Gasteiger partial charge in [-0.05, 0) is 54.3 Å². The van der Waals surface area contributed by atoms with Gasteiger partial charge in [0.05, 0.1) is 14.6 Å². The van der Waals surface area contributed by atoms with Crippen LogP contribution in [0, 0.1) is 0 Å². The van der Waals surface area contributed by atoms with Gasteiger partial charge in [0.25, 0.3) is 0 Å². The summed E-state index contributed by atoms with van der Waals surface area (Å²) in [5, 5.41) is 6.75. The van der Waals surface area contributed by atoms with Gasteiger partial charge in [-0.2, -0.15) is 0 Å². The summed E-state index contributed by atoms with van der Waals surface area (Å²) in [6, 6.07) is 13.5. The van der Waals surface area contributed by atoms with Gasteiger partial charge in [-0.25, -0.2) is 0 Å². The van der Waals surface area contributed by atoms with E-state index in [2.05, 4.69) is 32.9 Å². The Morgan fingerprint density at radius 2 is 1.72 bits per heavy atom. The van der Waals surface area contributed by atoms with E-state index in [1.165, 1.54) is 0 Å². The molecule has 1 heterocycles. The van der Waals surface area contributed by atoms with E-state index in [9.17, 15) is 0 Å². The number of rotatable bonds is 4. The summed E-state index contributed by atoms with van der Waals surface area (Å²) in [5.41, 5.74) is 9.62. The molecule has 152 valence electrons. The number of hydrogen-bond donors (Lipinski definition) is 2. The van der Waals surface area contributed by atoms with E-state index in [1.54, 1.807) is 6.07 Å². The molecule has 2 atom stereocenters. The molecule has 3 aromatic rings. The Bertz CT molecular complexity index is 1060. The molecule has 1 aliphatic carbocycles. The molecule has 1 saturated carbocycles. The quantitative estimate of drug-likeness (QED) is 0.209. The number of benzene rings is 2. The SMILES string of the molecule is NC1(c2ccnc3cc(Cl)ccc23)CCCCC1(I)NCc1ccc(Cl)cc1Cl. The van der Waals surface area contributed by atoms with E-state index in [-0.39, 0.29) is 3.55 Å². The standard InChI is InChI=1S/C22H21Cl3IN3/c23-15-4-3-14(19(25)11-15)13-29-22(26)9-2-1-8-21(22,27)18-7-10-28-20-12-16(24)5-6-17(18)20/h3-7,10-12,29H,1-2,8-9,13,27H2. The Labute approximate surface area is 199 Å². The molecule has 1 aliphatic rings. The van der Waals surface area contributed by atoms with Gasteiger partial charge in [-0.15, -0.1) is 0 Å². The van der Waals surface area contributed by atoms with Crippen LogP contribution in [0.5, 0.6) is 0 Å². The molecule has 1 aromatic heterocycles. The van der Waals surface area contributed by atoms with E-state index in [1.807, 2.05) is 42.6 Å². The smallest absolute Gasteiger partial charge is 0.0931 e. The Hall–Kier alpha value is -0.630. The average molecular weight is 561 g/mol. The van der Waals surface area contributed by atoms with Gasteiger partial charge >= 0.3 is 0 Å². The third-order valence-electron chi connectivity index (χ3n) is 5.81. The van der Waals surface area contributed by atoms with Crippen molar-refractivity contribution >= 4 is 68.3 Å². The summed E-state index contributed by atoms with van der Waals surface area (Å²) in [6.45, 7) is 0.618. The number of alkyl halides is 1. The third kappa shape index (κ3) is 4.12. The maximum absolute atomic E-state index is 7.20. The van der Waals surface area contributed by atoms with Gasteiger partial charge in [-0.1, -0.05) is 82.4 Å². The lowest BCUT2D eigenvalue weighted by atomic mass is 9.72. The minimum atomic E-state index is -0.556. The number of nitrogens with one attached hydrogen (secondary N) is 1. The number of hydrogen-bond acceptors (Lipinski definition) is 3. The summed E-state index contributed by atoms with van der Waals surface area (Å²) in [4.78, 5) is 4.50. The van der Waals surface area contributed by atoms with Gasteiger partial charge in [-0.3, -0.25) is 10.3 Å². The van der Waals surface area contributed by atoms with Crippen LogP contribution in [-0.2, 0) is 12.1 Å². The van der Waals surface area contributed by atoms with Crippen LogP contribution in [0.3, 0.4) is 0 Å². The van der Waals surface area contributed by atoms with Crippen molar-refractivity contribution in [2.24, 2.45) is 5.73 Å². The zero-order valence-corrected chi connectivity index (χ0v) is 20.1. The lowest BCUT2D eigenvalue weighted by molar-refractivity contribution is 0.202. The van der Waals surface area contributed by atoms with Crippen molar-refractivity contribution in [3.63, 3.8) is 0 Å². The first-order valence-corrected chi connectivity index (χ1v) is 11.8. The van der Waals surface area contributed by atoms with Crippen LogP contribution in [0.25, 0.3) is 10.9 Å². The predicted octanol–water partition coefficient (Wildman–Crippen LogP) is 6.84. The van der Waals surface area contributed by atoms with Crippen LogP contribution >= 0.6 is 57.4 Å².